The first-order valence-electron chi connectivity index (χ1n) is 3.99. The molecule has 5 nitrogen and oxygen atoms in total. The Kier molecular flexibility index (Phi) is 2.88. The molecule has 70 valence electrons. The number of nitrogens with two attached hydrogens (primary N) is 2. The van der Waals surface area contributed by atoms with E-state index in [1.807, 2.05) is 0 Å². The number of hydrogen-bond acceptors (Lipinski definition) is 4. The Morgan fingerprint density at radius 3 is 2.67 bits per heavy atom. The summed E-state index contributed by atoms with van der Waals surface area (Å²) in [5.74, 6) is 0. The minimum absolute atomic E-state index is 0.197. The molecule has 0 radical (unpaired) electrons. The summed E-state index contributed by atoms with van der Waals surface area (Å²) < 4.78 is 4.73. The molecule has 5 N–H and O–H groups in total. The quantitative estimate of drug-likeness (QED) is 0.490. The second-order valence-corrected chi connectivity index (χ2v) is 3.10. The lowest BCUT2D eigenvalue weighted by Gasteiger charge is -2.29. The van der Waals surface area contributed by atoms with Gasteiger partial charge in [0.1, 0.15) is 6.10 Å². The summed E-state index contributed by atoms with van der Waals surface area (Å²) >= 11 is 0. The van der Waals surface area contributed by atoms with Crippen LogP contribution in [0, 0.1) is 0 Å². The number of aliphatic hydroxyl groups excluding tert-OH is 1. The van der Waals surface area contributed by atoms with E-state index in [0.29, 0.717) is 19.3 Å². The first kappa shape index (κ1) is 9.28. The van der Waals surface area contributed by atoms with Crippen molar-refractivity contribution in [1.82, 2.24) is 0 Å². The maximum absolute atomic E-state index is 10.3. The Bertz CT molecular complexity index is 174. The Morgan fingerprint density at radius 1 is 1.50 bits per heavy atom. The highest BCUT2D eigenvalue weighted by atomic mass is 16.6. The number of carbonyl (C=O) groups excluding carboxylic acids is 1. The first-order chi connectivity index (χ1) is 5.59. The van der Waals surface area contributed by atoms with Crippen molar-refractivity contribution in [3.8, 4) is 0 Å². The van der Waals surface area contributed by atoms with Crippen LogP contribution in [-0.2, 0) is 4.74 Å². The number of carbonyl (C=O) groups is 1. The molecule has 1 aliphatic carbocycles. The van der Waals surface area contributed by atoms with Crippen molar-refractivity contribution < 1.29 is 14.6 Å². The minimum atomic E-state index is -0.789. The smallest absolute Gasteiger partial charge is 0.404 e. The largest absolute Gasteiger partial charge is 0.446 e. The molecule has 0 saturated heterocycles. The number of aliphatic hydroxyl groups is 1. The van der Waals surface area contributed by atoms with E-state index >= 15 is 0 Å². The Hall–Kier alpha value is -0.810. The maximum Gasteiger partial charge on any atom is 0.404 e. The van der Waals surface area contributed by atoms with E-state index in [9.17, 15) is 9.90 Å². The summed E-state index contributed by atoms with van der Waals surface area (Å²) in [5.41, 5.74) is 10.4. The number of ether oxygens (including phenoxy) is 1. The van der Waals surface area contributed by atoms with Gasteiger partial charge in [-0.25, -0.2) is 4.79 Å². The minimum Gasteiger partial charge on any atom is -0.446 e. The van der Waals surface area contributed by atoms with Gasteiger partial charge in [-0.05, 0) is 12.8 Å². The number of amides is 1. The van der Waals surface area contributed by atoms with Crippen LogP contribution in [0.2, 0.25) is 0 Å². The zero-order valence-corrected chi connectivity index (χ0v) is 6.77. The van der Waals surface area contributed by atoms with Gasteiger partial charge in [0.2, 0.25) is 0 Å². The summed E-state index contributed by atoms with van der Waals surface area (Å²) in [6, 6.07) is -0.197. The summed E-state index contributed by atoms with van der Waals surface area (Å²) in [6.07, 6.45) is 0.104. The van der Waals surface area contributed by atoms with Crippen molar-refractivity contribution >= 4 is 6.09 Å². The molecule has 0 aliphatic heterocycles. The standard InChI is InChI=1S/C7H14N2O3/c8-5-2-1-4(3-6(5)10)12-7(9)11/h4-6,10H,1-3,8H2,(H2,9,11)/t4-,5-,6-/m0/s1. The Balaban J connectivity index is 2.35. The van der Waals surface area contributed by atoms with Gasteiger partial charge in [0, 0.05) is 12.5 Å². The molecule has 1 fully saturated rings. The number of primary amides is 1. The van der Waals surface area contributed by atoms with Crippen LogP contribution in [0.5, 0.6) is 0 Å². The monoisotopic (exact) mass is 174 g/mol. The van der Waals surface area contributed by atoms with Crippen LogP contribution in [-0.4, -0.2) is 29.4 Å². The molecule has 0 bridgehead atoms. The lowest BCUT2D eigenvalue weighted by Crippen LogP contribution is -2.43. The van der Waals surface area contributed by atoms with Gasteiger partial charge in [-0.3, -0.25) is 0 Å². The van der Waals surface area contributed by atoms with E-state index in [2.05, 4.69) is 0 Å². The van der Waals surface area contributed by atoms with Crippen LogP contribution in [0.25, 0.3) is 0 Å². The van der Waals surface area contributed by atoms with Crippen LogP contribution in [0.1, 0.15) is 19.3 Å². The van der Waals surface area contributed by atoms with E-state index in [0.717, 1.165) is 0 Å². The third-order valence-corrected chi connectivity index (χ3v) is 2.10. The van der Waals surface area contributed by atoms with Gasteiger partial charge >= 0.3 is 6.09 Å². The molecular weight excluding hydrogens is 160 g/mol. The average Bonchev–Trinajstić information content (AvgIpc) is 1.96. The van der Waals surface area contributed by atoms with Crippen LogP contribution >= 0.6 is 0 Å². The molecule has 0 aromatic rings. The summed E-state index contributed by atoms with van der Waals surface area (Å²) in [7, 11) is 0. The highest BCUT2D eigenvalue weighted by Gasteiger charge is 2.28. The molecular formula is C7H14N2O3. The number of hydrogen-bond donors (Lipinski definition) is 3. The van der Waals surface area contributed by atoms with Crippen molar-refractivity contribution in [2.75, 3.05) is 0 Å². The molecule has 1 rings (SSSR count). The highest BCUT2D eigenvalue weighted by Crippen LogP contribution is 2.20. The fourth-order valence-electron chi connectivity index (χ4n) is 1.40. The normalized spacial score (nSPS) is 36.0. The van der Waals surface area contributed by atoms with E-state index in [-0.39, 0.29) is 12.1 Å². The Morgan fingerprint density at radius 2 is 2.17 bits per heavy atom. The van der Waals surface area contributed by atoms with Crippen LogP contribution in [0.15, 0.2) is 0 Å². The zero-order chi connectivity index (χ0) is 9.14. The van der Waals surface area contributed by atoms with Crippen LogP contribution < -0.4 is 11.5 Å². The van der Waals surface area contributed by atoms with Crippen molar-refractivity contribution in [3.63, 3.8) is 0 Å². The summed E-state index contributed by atoms with van der Waals surface area (Å²) in [4.78, 5) is 10.3. The van der Waals surface area contributed by atoms with Gasteiger partial charge in [0.05, 0.1) is 6.10 Å². The summed E-state index contributed by atoms with van der Waals surface area (Å²) in [5, 5.41) is 9.30. The molecule has 1 aliphatic rings. The topological polar surface area (TPSA) is 98.6 Å². The van der Waals surface area contributed by atoms with Gasteiger partial charge in [0.25, 0.3) is 0 Å². The van der Waals surface area contributed by atoms with E-state index < -0.39 is 12.2 Å². The van der Waals surface area contributed by atoms with Gasteiger partial charge in [-0.2, -0.15) is 0 Å². The first-order valence-corrected chi connectivity index (χ1v) is 3.99. The van der Waals surface area contributed by atoms with Gasteiger partial charge in [0.15, 0.2) is 0 Å². The van der Waals surface area contributed by atoms with Crippen molar-refractivity contribution in [1.29, 1.82) is 0 Å². The molecule has 0 unspecified atom stereocenters. The van der Waals surface area contributed by atoms with Crippen LogP contribution in [0.4, 0.5) is 4.79 Å². The number of rotatable bonds is 1. The lowest BCUT2D eigenvalue weighted by molar-refractivity contribution is 0.0160. The predicted octanol–water partition coefficient (Wildman–Crippen LogP) is -0.678. The van der Waals surface area contributed by atoms with Gasteiger partial charge in [-0.15, -0.1) is 0 Å². The Labute approximate surface area is 70.7 Å². The van der Waals surface area contributed by atoms with Crippen molar-refractivity contribution in [2.45, 2.75) is 37.5 Å². The fraction of sp³-hybridized carbons (Fsp3) is 0.857. The molecule has 1 amide bonds. The molecule has 0 heterocycles. The van der Waals surface area contributed by atoms with E-state index in [4.69, 9.17) is 16.2 Å². The lowest BCUT2D eigenvalue weighted by atomic mass is 9.91. The highest BCUT2D eigenvalue weighted by molar-refractivity contribution is 5.64. The third kappa shape index (κ3) is 2.35. The van der Waals surface area contributed by atoms with Gasteiger partial charge < -0.3 is 21.3 Å². The zero-order valence-electron chi connectivity index (χ0n) is 6.77. The molecule has 0 spiro atoms. The molecule has 12 heavy (non-hydrogen) atoms. The van der Waals surface area contributed by atoms with Crippen LogP contribution in [0.3, 0.4) is 0 Å². The van der Waals surface area contributed by atoms with Gasteiger partial charge in [-0.1, -0.05) is 0 Å². The molecule has 0 aromatic carbocycles. The maximum atomic E-state index is 10.3. The van der Waals surface area contributed by atoms with E-state index in [1.54, 1.807) is 0 Å². The van der Waals surface area contributed by atoms with Crippen molar-refractivity contribution in [3.05, 3.63) is 0 Å². The summed E-state index contributed by atoms with van der Waals surface area (Å²) in [6.45, 7) is 0. The molecule has 3 atom stereocenters. The molecule has 5 heteroatoms. The second-order valence-electron chi connectivity index (χ2n) is 3.10. The SMILES string of the molecule is NC(=O)O[C@H]1CC[C@H](N)[C@@H](O)C1. The fourth-order valence-corrected chi connectivity index (χ4v) is 1.40. The second kappa shape index (κ2) is 3.73. The average molecular weight is 174 g/mol. The molecule has 0 aromatic heterocycles. The molecule has 1 saturated carbocycles. The van der Waals surface area contributed by atoms with E-state index in [1.165, 1.54) is 0 Å². The van der Waals surface area contributed by atoms with Crippen molar-refractivity contribution in [2.24, 2.45) is 11.5 Å². The third-order valence-electron chi connectivity index (χ3n) is 2.10. The predicted molar refractivity (Wildman–Crippen MR) is 42.3 cm³/mol.